The average Bonchev–Trinajstić information content (AvgIpc) is 3.02. The summed E-state index contributed by atoms with van der Waals surface area (Å²) in [6.07, 6.45) is 0. The summed E-state index contributed by atoms with van der Waals surface area (Å²) in [5.41, 5.74) is 1.68. The smallest absolute Gasteiger partial charge is 0.225 e. The zero-order valence-corrected chi connectivity index (χ0v) is 13.5. The first kappa shape index (κ1) is 15.7. The summed E-state index contributed by atoms with van der Waals surface area (Å²) in [5, 5.41) is 17.3. The van der Waals surface area contributed by atoms with E-state index in [4.69, 9.17) is 5.14 Å². The number of hydrogen-bond acceptors (Lipinski definition) is 6. The third-order valence-electron chi connectivity index (χ3n) is 3.04. The Bertz CT molecular complexity index is 910. The van der Waals surface area contributed by atoms with Crippen molar-refractivity contribution < 1.29 is 8.42 Å². The van der Waals surface area contributed by atoms with Gasteiger partial charge in [0.15, 0.2) is 0 Å². The van der Waals surface area contributed by atoms with E-state index in [1.165, 1.54) is 28.6 Å². The molecule has 0 unspecified atom stereocenters. The van der Waals surface area contributed by atoms with Crippen LogP contribution in [0, 0.1) is 0 Å². The third-order valence-corrected chi connectivity index (χ3v) is 4.94. The zero-order chi connectivity index (χ0) is 16.3. The Hall–Kier alpha value is -2.23. The summed E-state index contributed by atoms with van der Waals surface area (Å²) in [7, 11) is -3.77. The maximum atomic E-state index is 11.5. The van der Waals surface area contributed by atoms with Gasteiger partial charge in [0.1, 0.15) is 0 Å². The Morgan fingerprint density at radius 1 is 1.09 bits per heavy atom. The van der Waals surface area contributed by atoms with Crippen LogP contribution >= 0.6 is 11.8 Å². The first-order chi connectivity index (χ1) is 11.0. The normalized spacial score (nSPS) is 11.5. The second-order valence-corrected chi connectivity index (χ2v) is 7.19. The molecule has 0 saturated carbocycles. The summed E-state index contributed by atoms with van der Waals surface area (Å²) in [4.78, 5) is 0.0181. The van der Waals surface area contributed by atoms with Crippen molar-refractivity contribution in [2.75, 3.05) is 0 Å². The summed E-state index contributed by atoms with van der Waals surface area (Å²) < 4.78 is 24.4. The predicted octanol–water partition coefficient (Wildman–Crippen LogP) is 1.60. The van der Waals surface area contributed by atoms with Gasteiger partial charge in [-0.1, -0.05) is 48.2 Å². The first-order valence-electron chi connectivity index (χ1n) is 6.62. The van der Waals surface area contributed by atoms with E-state index < -0.39 is 10.0 Å². The first-order valence-corrected chi connectivity index (χ1v) is 9.15. The molecule has 2 aromatic carbocycles. The van der Waals surface area contributed by atoms with Crippen molar-refractivity contribution in [3.05, 3.63) is 60.2 Å². The lowest BCUT2D eigenvalue weighted by molar-refractivity contribution is 0.597. The number of primary sulfonamides is 1. The molecule has 23 heavy (non-hydrogen) atoms. The van der Waals surface area contributed by atoms with Crippen LogP contribution in [0.5, 0.6) is 0 Å². The average molecular weight is 347 g/mol. The molecule has 3 rings (SSSR count). The van der Waals surface area contributed by atoms with E-state index >= 15 is 0 Å². The minimum Gasteiger partial charge on any atom is -0.225 e. The Kier molecular flexibility index (Phi) is 4.42. The second-order valence-electron chi connectivity index (χ2n) is 4.69. The van der Waals surface area contributed by atoms with Gasteiger partial charge in [0, 0.05) is 5.75 Å². The SMILES string of the molecule is NS(=O)(=O)c1cccc(-n2nnnc2SCc2ccccc2)c1. The largest absolute Gasteiger partial charge is 0.238 e. The molecule has 0 radical (unpaired) electrons. The quantitative estimate of drug-likeness (QED) is 0.703. The molecule has 2 N–H and O–H groups in total. The number of thioether (sulfide) groups is 1. The number of tetrazole rings is 1. The van der Waals surface area contributed by atoms with Crippen LogP contribution < -0.4 is 5.14 Å². The van der Waals surface area contributed by atoms with Gasteiger partial charge in [-0.3, -0.25) is 0 Å². The fourth-order valence-electron chi connectivity index (χ4n) is 1.95. The van der Waals surface area contributed by atoms with Crippen LogP contribution in [0.2, 0.25) is 0 Å². The van der Waals surface area contributed by atoms with Gasteiger partial charge in [-0.05, 0) is 34.2 Å². The number of sulfonamides is 1. The molecule has 0 amide bonds. The van der Waals surface area contributed by atoms with Crippen LogP contribution in [0.3, 0.4) is 0 Å². The molecule has 0 atom stereocenters. The van der Waals surface area contributed by atoms with E-state index in [-0.39, 0.29) is 4.90 Å². The van der Waals surface area contributed by atoms with Gasteiger partial charge < -0.3 is 0 Å². The van der Waals surface area contributed by atoms with Crippen molar-refractivity contribution in [1.29, 1.82) is 0 Å². The second kappa shape index (κ2) is 6.49. The highest BCUT2D eigenvalue weighted by molar-refractivity contribution is 7.98. The predicted molar refractivity (Wildman–Crippen MR) is 86.5 cm³/mol. The van der Waals surface area contributed by atoms with Crippen molar-refractivity contribution in [2.45, 2.75) is 15.8 Å². The van der Waals surface area contributed by atoms with E-state index in [1.54, 1.807) is 12.1 Å². The van der Waals surface area contributed by atoms with Crippen molar-refractivity contribution >= 4 is 21.8 Å². The lowest BCUT2D eigenvalue weighted by Gasteiger charge is -2.06. The number of benzene rings is 2. The maximum Gasteiger partial charge on any atom is 0.238 e. The van der Waals surface area contributed by atoms with E-state index in [2.05, 4.69) is 15.5 Å². The van der Waals surface area contributed by atoms with Gasteiger partial charge in [-0.25, -0.2) is 13.6 Å². The lowest BCUT2D eigenvalue weighted by Crippen LogP contribution is -2.12. The Morgan fingerprint density at radius 2 is 1.87 bits per heavy atom. The lowest BCUT2D eigenvalue weighted by atomic mass is 10.2. The van der Waals surface area contributed by atoms with Crippen molar-refractivity contribution in [3.63, 3.8) is 0 Å². The molecule has 0 bridgehead atoms. The topological polar surface area (TPSA) is 104 Å². The Balaban J connectivity index is 1.86. The van der Waals surface area contributed by atoms with Gasteiger partial charge >= 0.3 is 0 Å². The number of rotatable bonds is 5. The summed E-state index contributed by atoms with van der Waals surface area (Å²) in [6, 6.07) is 16.1. The van der Waals surface area contributed by atoms with Crippen molar-refractivity contribution in [1.82, 2.24) is 20.2 Å². The maximum absolute atomic E-state index is 11.5. The molecule has 0 aliphatic carbocycles. The molecule has 1 heterocycles. The van der Waals surface area contributed by atoms with Crippen LogP contribution in [0.15, 0.2) is 64.6 Å². The van der Waals surface area contributed by atoms with E-state index in [9.17, 15) is 8.42 Å². The van der Waals surface area contributed by atoms with Crippen molar-refractivity contribution in [3.8, 4) is 5.69 Å². The van der Waals surface area contributed by atoms with Crippen LogP contribution in [0.25, 0.3) is 5.69 Å². The summed E-state index contributed by atoms with van der Waals surface area (Å²) in [5.74, 6) is 0.704. The van der Waals surface area contributed by atoms with Gasteiger partial charge in [0.05, 0.1) is 10.6 Å². The van der Waals surface area contributed by atoms with E-state index in [0.717, 1.165) is 5.56 Å². The van der Waals surface area contributed by atoms with E-state index in [0.29, 0.717) is 16.6 Å². The van der Waals surface area contributed by atoms with Crippen LogP contribution in [-0.4, -0.2) is 28.6 Å². The highest BCUT2D eigenvalue weighted by atomic mass is 32.2. The fraction of sp³-hybridized carbons (Fsp3) is 0.0714. The number of aromatic nitrogens is 4. The molecule has 9 heteroatoms. The molecule has 118 valence electrons. The van der Waals surface area contributed by atoms with Crippen LogP contribution in [0.4, 0.5) is 0 Å². The molecule has 0 spiro atoms. The minimum atomic E-state index is -3.77. The molecule has 0 saturated heterocycles. The van der Waals surface area contributed by atoms with Gasteiger partial charge in [-0.2, -0.15) is 4.68 Å². The molecule has 0 aliphatic rings. The Labute approximate surface area is 137 Å². The molecular formula is C14H13N5O2S2. The fourth-order valence-corrected chi connectivity index (χ4v) is 3.35. The molecule has 3 aromatic rings. The molecule has 0 aliphatic heterocycles. The summed E-state index contributed by atoms with van der Waals surface area (Å²) >= 11 is 1.46. The number of nitrogens with zero attached hydrogens (tertiary/aromatic N) is 4. The zero-order valence-electron chi connectivity index (χ0n) is 11.9. The standard InChI is InChI=1S/C14H13N5O2S2/c15-23(20,21)13-8-4-7-12(9-13)19-14(16-17-18-19)22-10-11-5-2-1-3-6-11/h1-9H,10H2,(H2,15,20,21). The molecule has 1 aromatic heterocycles. The van der Waals surface area contributed by atoms with Crippen molar-refractivity contribution in [2.24, 2.45) is 5.14 Å². The van der Waals surface area contributed by atoms with Gasteiger partial charge in [0.25, 0.3) is 0 Å². The molecule has 7 nitrogen and oxygen atoms in total. The van der Waals surface area contributed by atoms with Gasteiger partial charge in [-0.15, -0.1) is 5.10 Å². The van der Waals surface area contributed by atoms with E-state index in [1.807, 2.05) is 30.3 Å². The molecular weight excluding hydrogens is 334 g/mol. The number of hydrogen-bond donors (Lipinski definition) is 1. The Morgan fingerprint density at radius 3 is 2.61 bits per heavy atom. The minimum absolute atomic E-state index is 0.0181. The third kappa shape index (κ3) is 3.76. The monoisotopic (exact) mass is 347 g/mol. The summed E-state index contributed by atoms with van der Waals surface area (Å²) in [6.45, 7) is 0. The highest BCUT2D eigenvalue weighted by Gasteiger charge is 2.13. The van der Waals surface area contributed by atoms with Crippen LogP contribution in [0.1, 0.15) is 5.56 Å². The number of nitrogens with two attached hydrogens (primary N) is 1. The van der Waals surface area contributed by atoms with Crippen LogP contribution in [-0.2, 0) is 15.8 Å². The van der Waals surface area contributed by atoms with Gasteiger partial charge in [0.2, 0.25) is 15.2 Å². The highest BCUT2D eigenvalue weighted by Crippen LogP contribution is 2.23. The molecule has 0 fully saturated rings.